The number of aryl methyl sites for hydroxylation is 2. The summed E-state index contributed by atoms with van der Waals surface area (Å²) >= 11 is 0. The minimum Gasteiger partial charge on any atom is -0.366 e. The second kappa shape index (κ2) is 6.04. The van der Waals surface area contributed by atoms with Crippen LogP contribution in [0.15, 0.2) is 36.5 Å². The molecule has 0 aliphatic heterocycles. The van der Waals surface area contributed by atoms with Gasteiger partial charge in [0.25, 0.3) is 5.91 Å². The smallest absolute Gasteiger partial charge is 0.272 e. The molecule has 0 unspecified atom stereocenters. The largest absolute Gasteiger partial charge is 0.366 e. The second-order valence-corrected chi connectivity index (χ2v) is 5.50. The summed E-state index contributed by atoms with van der Waals surface area (Å²) in [4.78, 5) is 33.7. The number of nitrogens with zero attached hydrogens (tertiary/aromatic N) is 1. The molecule has 0 saturated carbocycles. The minimum atomic E-state index is -0.587. The third kappa shape index (κ3) is 3.05. The van der Waals surface area contributed by atoms with Crippen LogP contribution in [0, 0.1) is 13.8 Å². The number of aromatic amines is 2. The van der Waals surface area contributed by atoms with Gasteiger partial charge in [0.05, 0.1) is 11.3 Å². The van der Waals surface area contributed by atoms with Crippen molar-refractivity contribution < 1.29 is 9.59 Å². The van der Waals surface area contributed by atoms with Crippen molar-refractivity contribution in [2.45, 2.75) is 13.8 Å². The van der Waals surface area contributed by atoms with Gasteiger partial charge in [0, 0.05) is 23.1 Å². The Morgan fingerprint density at radius 3 is 2.62 bits per heavy atom. The fraction of sp³-hybridized carbons (Fsp3) is 0.118. The molecule has 2 amide bonds. The highest BCUT2D eigenvalue weighted by Crippen LogP contribution is 2.21. The fourth-order valence-corrected chi connectivity index (χ4v) is 2.29. The first kappa shape index (κ1) is 15.5. The summed E-state index contributed by atoms with van der Waals surface area (Å²) in [5, 5.41) is 2.78. The standard InChI is InChI=1S/C17H17N5O2/c1-9-10(2)21-16(20-9)11-4-3-5-13(6-11)22-17(24)14-7-12(8-19-14)15(18)23/h3-8,19H,1-2H3,(H2,18,23)(H,20,21)(H,22,24). The number of imidazole rings is 1. The Kier molecular flexibility index (Phi) is 3.91. The van der Waals surface area contributed by atoms with E-state index in [1.165, 1.54) is 12.3 Å². The number of carbonyl (C=O) groups is 2. The number of hydrogen-bond acceptors (Lipinski definition) is 3. The number of H-pyrrole nitrogens is 2. The predicted octanol–water partition coefficient (Wildman–Crippen LogP) is 2.37. The molecular weight excluding hydrogens is 306 g/mol. The SMILES string of the molecule is Cc1nc(-c2cccc(NC(=O)c3cc(C(N)=O)c[nH]3)c2)[nH]c1C. The van der Waals surface area contributed by atoms with Crippen molar-refractivity contribution in [1.29, 1.82) is 0 Å². The quantitative estimate of drug-likeness (QED) is 0.590. The first-order chi connectivity index (χ1) is 11.4. The van der Waals surface area contributed by atoms with E-state index in [9.17, 15) is 9.59 Å². The number of hydrogen-bond donors (Lipinski definition) is 4. The zero-order chi connectivity index (χ0) is 17.3. The summed E-state index contributed by atoms with van der Waals surface area (Å²) in [5.41, 5.74) is 9.13. The van der Waals surface area contributed by atoms with E-state index < -0.39 is 5.91 Å². The molecule has 1 aromatic carbocycles. The maximum atomic E-state index is 12.2. The van der Waals surface area contributed by atoms with Gasteiger partial charge in [-0.05, 0) is 32.0 Å². The number of primary amides is 1. The summed E-state index contributed by atoms with van der Waals surface area (Å²) in [5.74, 6) is -0.195. The lowest BCUT2D eigenvalue weighted by Crippen LogP contribution is -2.13. The Bertz CT molecular complexity index is 903. The van der Waals surface area contributed by atoms with Gasteiger partial charge >= 0.3 is 0 Å². The van der Waals surface area contributed by atoms with Gasteiger partial charge in [-0.3, -0.25) is 9.59 Å². The number of amides is 2. The molecule has 2 aromatic heterocycles. The van der Waals surface area contributed by atoms with Crippen LogP contribution in [0.2, 0.25) is 0 Å². The fourth-order valence-electron chi connectivity index (χ4n) is 2.29. The zero-order valence-electron chi connectivity index (χ0n) is 13.3. The first-order valence-corrected chi connectivity index (χ1v) is 7.37. The van der Waals surface area contributed by atoms with E-state index in [1.807, 2.05) is 32.0 Å². The van der Waals surface area contributed by atoms with E-state index in [0.29, 0.717) is 5.69 Å². The normalized spacial score (nSPS) is 10.6. The van der Waals surface area contributed by atoms with Crippen LogP contribution >= 0.6 is 0 Å². The molecule has 0 radical (unpaired) electrons. The summed E-state index contributed by atoms with van der Waals surface area (Å²) < 4.78 is 0. The van der Waals surface area contributed by atoms with Gasteiger partial charge in [-0.15, -0.1) is 0 Å². The van der Waals surface area contributed by atoms with Crippen molar-refractivity contribution in [2.24, 2.45) is 5.73 Å². The van der Waals surface area contributed by atoms with Gasteiger partial charge in [-0.2, -0.15) is 0 Å². The summed E-state index contributed by atoms with van der Waals surface area (Å²) in [6, 6.07) is 8.77. The van der Waals surface area contributed by atoms with Crippen molar-refractivity contribution in [3.63, 3.8) is 0 Å². The Labute approximate surface area is 138 Å². The number of rotatable bonds is 4. The van der Waals surface area contributed by atoms with Gasteiger partial charge in [0.2, 0.25) is 5.91 Å². The predicted molar refractivity (Wildman–Crippen MR) is 90.8 cm³/mol. The van der Waals surface area contributed by atoms with Crippen LogP contribution in [0.3, 0.4) is 0 Å². The molecule has 3 rings (SSSR count). The lowest BCUT2D eigenvalue weighted by molar-refractivity contribution is 0.0999. The van der Waals surface area contributed by atoms with E-state index in [1.54, 1.807) is 6.07 Å². The van der Waals surface area contributed by atoms with Crippen LogP contribution in [0.4, 0.5) is 5.69 Å². The number of anilines is 1. The van der Waals surface area contributed by atoms with Gasteiger partial charge in [0.15, 0.2) is 0 Å². The molecule has 0 aliphatic carbocycles. The van der Waals surface area contributed by atoms with Gasteiger partial charge in [-0.1, -0.05) is 12.1 Å². The topological polar surface area (TPSA) is 117 Å². The molecule has 0 fully saturated rings. The molecule has 0 aliphatic rings. The number of nitrogens with two attached hydrogens (primary N) is 1. The highest BCUT2D eigenvalue weighted by Gasteiger charge is 2.12. The Morgan fingerprint density at radius 1 is 1.21 bits per heavy atom. The van der Waals surface area contributed by atoms with Crippen LogP contribution in [0.5, 0.6) is 0 Å². The Hall–Kier alpha value is -3.35. The molecule has 24 heavy (non-hydrogen) atoms. The molecule has 7 heteroatoms. The van der Waals surface area contributed by atoms with Crippen molar-refractivity contribution in [3.8, 4) is 11.4 Å². The number of benzene rings is 1. The Morgan fingerprint density at radius 2 is 2.00 bits per heavy atom. The molecular formula is C17H17N5O2. The summed E-state index contributed by atoms with van der Waals surface area (Å²) in [6.45, 7) is 3.89. The van der Waals surface area contributed by atoms with E-state index in [2.05, 4.69) is 20.3 Å². The van der Waals surface area contributed by atoms with Crippen LogP contribution in [-0.4, -0.2) is 26.8 Å². The zero-order valence-corrected chi connectivity index (χ0v) is 13.3. The van der Waals surface area contributed by atoms with Gasteiger partial charge < -0.3 is 21.0 Å². The van der Waals surface area contributed by atoms with Crippen LogP contribution in [0.25, 0.3) is 11.4 Å². The monoisotopic (exact) mass is 323 g/mol. The van der Waals surface area contributed by atoms with Gasteiger partial charge in [0.1, 0.15) is 11.5 Å². The van der Waals surface area contributed by atoms with Crippen molar-refractivity contribution in [1.82, 2.24) is 15.0 Å². The number of carbonyl (C=O) groups excluding carboxylic acids is 2. The van der Waals surface area contributed by atoms with E-state index in [0.717, 1.165) is 22.8 Å². The van der Waals surface area contributed by atoms with Crippen LogP contribution < -0.4 is 11.1 Å². The third-order valence-electron chi connectivity index (χ3n) is 3.73. The maximum Gasteiger partial charge on any atom is 0.272 e. The summed E-state index contributed by atoms with van der Waals surface area (Å²) in [7, 11) is 0. The first-order valence-electron chi connectivity index (χ1n) is 7.37. The van der Waals surface area contributed by atoms with Crippen molar-refractivity contribution >= 4 is 17.5 Å². The van der Waals surface area contributed by atoms with Crippen LogP contribution in [0.1, 0.15) is 32.2 Å². The number of aromatic nitrogens is 3. The van der Waals surface area contributed by atoms with Crippen molar-refractivity contribution in [2.75, 3.05) is 5.32 Å². The lowest BCUT2D eigenvalue weighted by atomic mass is 10.2. The Balaban J connectivity index is 1.81. The molecule has 0 saturated heterocycles. The highest BCUT2D eigenvalue weighted by molar-refractivity contribution is 6.05. The highest BCUT2D eigenvalue weighted by atomic mass is 16.2. The lowest BCUT2D eigenvalue weighted by Gasteiger charge is -2.05. The summed E-state index contributed by atoms with van der Waals surface area (Å²) in [6.07, 6.45) is 1.40. The van der Waals surface area contributed by atoms with E-state index >= 15 is 0 Å². The van der Waals surface area contributed by atoms with E-state index in [-0.39, 0.29) is 17.2 Å². The number of nitrogens with one attached hydrogen (secondary N) is 3. The molecule has 122 valence electrons. The molecule has 3 aromatic rings. The van der Waals surface area contributed by atoms with Crippen LogP contribution in [-0.2, 0) is 0 Å². The molecule has 0 atom stereocenters. The molecule has 7 nitrogen and oxygen atoms in total. The van der Waals surface area contributed by atoms with Gasteiger partial charge in [-0.25, -0.2) is 4.98 Å². The third-order valence-corrected chi connectivity index (χ3v) is 3.73. The molecule has 0 bridgehead atoms. The minimum absolute atomic E-state index is 0.260. The molecule has 2 heterocycles. The second-order valence-electron chi connectivity index (χ2n) is 5.50. The average molecular weight is 323 g/mol. The van der Waals surface area contributed by atoms with Crippen molar-refractivity contribution in [3.05, 3.63) is 59.2 Å². The molecule has 5 N–H and O–H groups in total. The maximum absolute atomic E-state index is 12.2. The molecule has 0 spiro atoms. The average Bonchev–Trinajstić information content (AvgIpc) is 3.16. The van der Waals surface area contributed by atoms with E-state index in [4.69, 9.17) is 5.73 Å².